The van der Waals surface area contributed by atoms with Gasteiger partial charge in [-0.15, -0.1) is 0 Å². The third-order valence-corrected chi connectivity index (χ3v) is 4.25. The first-order valence-electron chi connectivity index (χ1n) is 6.24. The molecule has 1 unspecified atom stereocenters. The minimum atomic E-state index is 0.256. The van der Waals surface area contributed by atoms with Gasteiger partial charge in [-0.25, -0.2) is 0 Å². The van der Waals surface area contributed by atoms with E-state index >= 15 is 0 Å². The van der Waals surface area contributed by atoms with E-state index < -0.39 is 0 Å². The van der Waals surface area contributed by atoms with Gasteiger partial charge in [-0.3, -0.25) is 0 Å². The Balaban J connectivity index is 2.18. The number of nitrogens with zero attached hydrogens (tertiary/aromatic N) is 1. The number of nitrogens with two attached hydrogens (primary N) is 1. The van der Waals surface area contributed by atoms with Crippen molar-refractivity contribution >= 4 is 17.3 Å². The van der Waals surface area contributed by atoms with Gasteiger partial charge in [0.1, 0.15) is 0 Å². The van der Waals surface area contributed by atoms with Gasteiger partial charge in [0, 0.05) is 13.1 Å². The molecule has 0 spiro atoms. The third-order valence-electron chi connectivity index (χ3n) is 3.93. The van der Waals surface area contributed by atoms with Crippen LogP contribution in [0.2, 0.25) is 5.02 Å². The van der Waals surface area contributed by atoms with E-state index in [1.165, 1.54) is 0 Å². The fourth-order valence-corrected chi connectivity index (χ4v) is 3.01. The minimum Gasteiger partial charge on any atom is -0.370 e. The number of benzene rings is 1. The monoisotopic (exact) mass is 252 g/mol. The van der Waals surface area contributed by atoms with Gasteiger partial charge in [0.25, 0.3) is 0 Å². The molecule has 1 saturated heterocycles. The molecule has 0 aromatic heterocycles. The highest BCUT2D eigenvalue weighted by molar-refractivity contribution is 6.33. The van der Waals surface area contributed by atoms with Gasteiger partial charge in [0.2, 0.25) is 0 Å². The van der Waals surface area contributed by atoms with E-state index in [0.717, 1.165) is 36.8 Å². The van der Waals surface area contributed by atoms with Crippen LogP contribution >= 0.6 is 11.6 Å². The normalized spacial score (nSPS) is 23.8. The molecular weight excluding hydrogens is 232 g/mol. The lowest BCUT2D eigenvalue weighted by molar-refractivity contribution is 0.182. The van der Waals surface area contributed by atoms with Gasteiger partial charge < -0.3 is 10.6 Å². The lowest BCUT2D eigenvalue weighted by Crippen LogP contribution is -2.48. The molecule has 17 heavy (non-hydrogen) atoms. The smallest absolute Gasteiger partial charge is 0.0639 e. The van der Waals surface area contributed by atoms with E-state index in [0.29, 0.717) is 5.92 Å². The largest absolute Gasteiger partial charge is 0.370 e. The van der Waals surface area contributed by atoms with Gasteiger partial charge >= 0.3 is 0 Å². The molecule has 2 nitrogen and oxygen atoms in total. The zero-order valence-electron chi connectivity index (χ0n) is 10.6. The Bertz CT molecular complexity index is 390. The molecule has 1 aromatic carbocycles. The summed E-state index contributed by atoms with van der Waals surface area (Å²) in [6.45, 7) is 7.46. The molecule has 0 saturated carbocycles. The molecule has 1 atom stereocenters. The van der Waals surface area contributed by atoms with Crippen molar-refractivity contribution in [2.45, 2.75) is 20.3 Å². The topological polar surface area (TPSA) is 29.3 Å². The second-order valence-corrected chi connectivity index (χ2v) is 5.99. The fourth-order valence-electron chi connectivity index (χ4n) is 2.75. The van der Waals surface area contributed by atoms with E-state index in [1.807, 2.05) is 18.2 Å². The Kier molecular flexibility index (Phi) is 3.64. The number of para-hydroxylation sites is 1. The van der Waals surface area contributed by atoms with E-state index in [4.69, 9.17) is 17.3 Å². The maximum atomic E-state index is 6.25. The molecular formula is C14H21ClN2. The maximum Gasteiger partial charge on any atom is 0.0639 e. The second-order valence-electron chi connectivity index (χ2n) is 5.58. The predicted molar refractivity (Wildman–Crippen MR) is 74.6 cm³/mol. The average molecular weight is 253 g/mol. The summed E-state index contributed by atoms with van der Waals surface area (Å²) in [5.41, 5.74) is 7.26. The van der Waals surface area contributed by atoms with Crippen molar-refractivity contribution in [3.05, 3.63) is 29.3 Å². The van der Waals surface area contributed by atoms with E-state index in [2.05, 4.69) is 24.8 Å². The molecule has 1 heterocycles. The summed E-state index contributed by atoms with van der Waals surface area (Å²) in [5, 5.41) is 0.842. The number of piperidine rings is 1. The molecule has 2 rings (SSSR count). The van der Waals surface area contributed by atoms with Crippen molar-refractivity contribution in [1.82, 2.24) is 0 Å². The van der Waals surface area contributed by atoms with Crippen LogP contribution in [0.4, 0.5) is 5.69 Å². The summed E-state index contributed by atoms with van der Waals surface area (Å²) in [4.78, 5) is 2.38. The van der Waals surface area contributed by atoms with Crippen LogP contribution in [-0.2, 0) is 0 Å². The highest BCUT2D eigenvalue weighted by Crippen LogP contribution is 2.38. The van der Waals surface area contributed by atoms with Crippen molar-refractivity contribution in [3.8, 4) is 0 Å². The van der Waals surface area contributed by atoms with E-state index in [9.17, 15) is 0 Å². The Morgan fingerprint density at radius 3 is 2.71 bits per heavy atom. The number of hydrogen-bond acceptors (Lipinski definition) is 2. The average Bonchev–Trinajstić information content (AvgIpc) is 2.28. The molecule has 1 aliphatic heterocycles. The van der Waals surface area contributed by atoms with Gasteiger partial charge in [-0.1, -0.05) is 37.6 Å². The highest BCUT2D eigenvalue weighted by Gasteiger charge is 2.35. The van der Waals surface area contributed by atoms with Crippen molar-refractivity contribution in [3.63, 3.8) is 0 Å². The first-order chi connectivity index (χ1) is 8.04. The van der Waals surface area contributed by atoms with Crippen LogP contribution in [0.5, 0.6) is 0 Å². The maximum absolute atomic E-state index is 6.25. The lowest BCUT2D eigenvalue weighted by atomic mass is 9.74. The quantitative estimate of drug-likeness (QED) is 0.876. The predicted octanol–water partition coefficient (Wildman–Crippen LogP) is 3.15. The summed E-state index contributed by atoms with van der Waals surface area (Å²) >= 11 is 6.25. The standard InChI is InChI=1S/C14H21ClN2/c1-14(2)10-17(8-7-11(14)9-16)13-6-4-3-5-12(13)15/h3-6,11H,7-10,16H2,1-2H3. The Hall–Kier alpha value is -0.730. The van der Waals surface area contributed by atoms with Crippen LogP contribution in [0.1, 0.15) is 20.3 Å². The summed E-state index contributed by atoms with van der Waals surface area (Å²) in [6.07, 6.45) is 1.15. The van der Waals surface area contributed by atoms with E-state index in [1.54, 1.807) is 0 Å². The minimum absolute atomic E-state index is 0.256. The van der Waals surface area contributed by atoms with Gasteiger partial charge in [-0.05, 0) is 36.4 Å². The first-order valence-corrected chi connectivity index (χ1v) is 6.62. The van der Waals surface area contributed by atoms with Gasteiger partial charge in [-0.2, -0.15) is 0 Å². The summed E-state index contributed by atoms with van der Waals surface area (Å²) in [6, 6.07) is 8.08. The summed E-state index contributed by atoms with van der Waals surface area (Å²) in [7, 11) is 0. The Labute approximate surface area is 109 Å². The fraction of sp³-hybridized carbons (Fsp3) is 0.571. The molecule has 0 bridgehead atoms. The van der Waals surface area contributed by atoms with Crippen LogP contribution in [0.15, 0.2) is 24.3 Å². The van der Waals surface area contributed by atoms with Crippen molar-refractivity contribution < 1.29 is 0 Å². The van der Waals surface area contributed by atoms with E-state index in [-0.39, 0.29) is 5.41 Å². The molecule has 0 radical (unpaired) electrons. The third kappa shape index (κ3) is 2.58. The number of halogens is 1. The molecule has 1 fully saturated rings. The highest BCUT2D eigenvalue weighted by atomic mass is 35.5. The molecule has 94 valence electrons. The van der Waals surface area contributed by atoms with Crippen LogP contribution < -0.4 is 10.6 Å². The molecule has 1 aliphatic rings. The van der Waals surface area contributed by atoms with Crippen LogP contribution in [-0.4, -0.2) is 19.6 Å². The van der Waals surface area contributed by atoms with Crippen molar-refractivity contribution in [2.24, 2.45) is 17.1 Å². The molecule has 0 aliphatic carbocycles. The number of hydrogen-bond donors (Lipinski definition) is 1. The van der Waals surface area contributed by atoms with Gasteiger partial charge in [0.05, 0.1) is 10.7 Å². The van der Waals surface area contributed by atoms with Crippen molar-refractivity contribution in [1.29, 1.82) is 0 Å². The molecule has 0 amide bonds. The summed E-state index contributed by atoms with van der Waals surface area (Å²) in [5.74, 6) is 0.612. The van der Waals surface area contributed by atoms with Crippen LogP contribution in [0.25, 0.3) is 0 Å². The molecule has 1 aromatic rings. The molecule has 3 heteroatoms. The van der Waals surface area contributed by atoms with Gasteiger partial charge in [0.15, 0.2) is 0 Å². The Morgan fingerprint density at radius 1 is 1.41 bits per heavy atom. The lowest BCUT2D eigenvalue weighted by Gasteiger charge is -2.45. The van der Waals surface area contributed by atoms with Crippen LogP contribution in [0, 0.1) is 11.3 Å². The summed E-state index contributed by atoms with van der Waals surface area (Å²) < 4.78 is 0. The molecule has 2 N–H and O–H groups in total. The SMILES string of the molecule is CC1(C)CN(c2ccccc2Cl)CCC1CN. The van der Waals surface area contributed by atoms with Crippen LogP contribution in [0.3, 0.4) is 0 Å². The Morgan fingerprint density at radius 2 is 2.12 bits per heavy atom. The first kappa shape index (κ1) is 12.7. The zero-order chi connectivity index (χ0) is 12.5. The number of anilines is 1. The number of rotatable bonds is 2. The zero-order valence-corrected chi connectivity index (χ0v) is 11.4. The van der Waals surface area contributed by atoms with Crippen molar-refractivity contribution in [2.75, 3.05) is 24.5 Å². The second kappa shape index (κ2) is 4.87.